The molecule has 0 fully saturated rings. The molecule has 0 aromatic heterocycles. The van der Waals surface area contributed by atoms with E-state index >= 15 is 0 Å². The molecule has 0 unspecified atom stereocenters. The van der Waals surface area contributed by atoms with Gasteiger partial charge in [-0.3, -0.25) is 4.79 Å². The van der Waals surface area contributed by atoms with Gasteiger partial charge in [-0.2, -0.15) is 0 Å². The zero-order chi connectivity index (χ0) is 15.2. The number of nitrogens with two attached hydrogens (primary N) is 1. The first-order valence-electron chi connectivity index (χ1n) is 6.72. The van der Waals surface area contributed by atoms with Crippen LogP contribution in [0.15, 0.2) is 42.5 Å². The number of rotatable bonds is 5. The fourth-order valence-corrected chi connectivity index (χ4v) is 2.02. The van der Waals surface area contributed by atoms with Crippen molar-refractivity contribution >= 4 is 11.6 Å². The molecule has 0 aliphatic heterocycles. The smallest absolute Gasteiger partial charge is 0.259 e. The van der Waals surface area contributed by atoms with E-state index in [1.54, 1.807) is 6.07 Å². The lowest BCUT2D eigenvalue weighted by Crippen LogP contribution is -2.12. The summed E-state index contributed by atoms with van der Waals surface area (Å²) in [6.07, 6.45) is 1.72. The molecule has 0 atom stereocenters. The monoisotopic (exact) mass is 286 g/mol. The molecule has 0 radical (unpaired) electrons. The number of nitrogens with one attached hydrogen (secondary N) is 1. The van der Waals surface area contributed by atoms with Crippen molar-refractivity contribution in [1.29, 1.82) is 0 Å². The highest BCUT2D eigenvalue weighted by Crippen LogP contribution is 2.23. The fourth-order valence-electron chi connectivity index (χ4n) is 2.02. The average molecular weight is 286 g/mol. The Hall–Kier alpha value is -2.53. The Morgan fingerprint density at radius 1 is 1.14 bits per heavy atom. The molecule has 5 N–H and O–H groups in total. The number of aryl methyl sites for hydroxylation is 1. The molecule has 0 aliphatic rings. The fraction of sp³-hybridized carbons (Fsp3) is 0.188. The first-order chi connectivity index (χ1) is 10.1. The number of benzene rings is 2. The third-order valence-electron chi connectivity index (χ3n) is 3.08. The van der Waals surface area contributed by atoms with E-state index in [0.717, 1.165) is 18.4 Å². The third kappa shape index (κ3) is 3.97. The van der Waals surface area contributed by atoms with E-state index in [1.807, 2.05) is 18.2 Å². The van der Waals surface area contributed by atoms with Crippen LogP contribution < -0.4 is 11.1 Å². The number of phenols is 2. The Labute approximate surface area is 123 Å². The molecule has 0 spiro atoms. The number of aromatic hydroxyl groups is 2. The molecule has 2 rings (SSSR count). The Kier molecular flexibility index (Phi) is 4.79. The number of phenolic OH excluding ortho intramolecular Hbond substituents is 2. The van der Waals surface area contributed by atoms with Crippen LogP contribution in [0.5, 0.6) is 11.5 Å². The summed E-state index contributed by atoms with van der Waals surface area (Å²) in [4.78, 5) is 12.1. The Morgan fingerprint density at radius 3 is 2.71 bits per heavy atom. The standard InChI is InChI=1S/C16H18N2O3/c17-8-2-4-11-3-1-5-12(9-11)18-16(21)14-10-13(19)6-7-15(14)20/h1,3,5-7,9-10,19-20H,2,4,8,17H2,(H,18,21). The summed E-state index contributed by atoms with van der Waals surface area (Å²) >= 11 is 0. The summed E-state index contributed by atoms with van der Waals surface area (Å²) < 4.78 is 0. The van der Waals surface area contributed by atoms with Crippen LogP contribution in [-0.2, 0) is 6.42 Å². The molecule has 0 saturated heterocycles. The van der Waals surface area contributed by atoms with Gasteiger partial charge in [-0.15, -0.1) is 0 Å². The molecule has 1 amide bonds. The van der Waals surface area contributed by atoms with Gasteiger partial charge in [0.15, 0.2) is 0 Å². The van der Waals surface area contributed by atoms with Crippen LogP contribution in [0.1, 0.15) is 22.3 Å². The van der Waals surface area contributed by atoms with Crippen LogP contribution in [-0.4, -0.2) is 22.7 Å². The molecule has 5 nitrogen and oxygen atoms in total. The lowest BCUT2D eigenvalue weighted by Gasteiger charge is -2.09. The van der Waals surface area contributed by atoms with Crippen LogP contribution in [0.3, 0.4) is 0 Å². The number of carbonyl (C=O) groups is 1. The van der Waals surface area contributed by atoms with E-state index in [9.17, 15) is 15.0 Å². The molecular weight excluding hydrogens is 268 g/mol. The van der Waals surface area contributed by atoms with Gasteiger partial charge in [-0.05, 0) is 55.3 Å². The second kappa shape index (κ2) is 6.76. The topological polar surface area (TPSA) is 95.6 Å². The maximum Gasteiger partial charge on any atom is 0.259 e. The highest BCUT2D eigenvalue weighted by Gasteiger charge is 2.12. The Bertz CT molecular complexity index is 641. The van der Waals surface area contributed by atoms with Crippen molar-refractivity contribution in [2.45, 2.75) is 12.8 Å². The summed E-state index contributed by atoms with van der Waals surface area (Å²) in [5.41, 5.74) is 7.23. The van der Waals surface area contributed by atoms with Gasteiger partial charge in [0, 0.05) is 5.69 Å². The zero-order valence-electron chi connectivity index (χ0n) is 11.5. The van der Waals surface area contributed by atoms with Crippen molar-refractivity contribution in [2.24, 2.45) is 5.73 Å². The van der Waals surface area contributed by atoms with Crippen molar-refractivity contribution in [3.63, 3.8) is 0 Å². The first-order valence-corrected chi connectivity index (χ1v) is 6.72. The van der Waals surface area contributed by atoms with Gasteiger partial charge in [0.2, 0.25) is 0 Å². The average Bonchev–Trinajstić information content (AvgIpc) is 2.48. The molecule has 2 aromatic carbocycles. The van der Waals surface area contributed by atoms with Crippen molar-refractivity contribution < 1.29 is 15.0 Å². The molecule has 110 valence electrons. The van der Waals surface area contributed by atoms with Gasteiger partial charge in [0.25, 0.3) is 5.91 Å². The highest BCUT2D eigenvalue weighted by atomic mass is 16.3. The quantitative estimate of drug-likeness (QED) is 0.634. The molecule has 5 heteroatoms. The van der Waals surface area contributed by atoms with Crippen molar-refractivity contribution in [2.75, 3.05) is 11.9 Å². The SMILES string of the molecule is NCCCc1cccc(NC(=O)c2cc(O)ccc2O)c1. The third-order valence-corrected chi connectivity index (χ3v) is 3.08. The minimum Gasteiger partial charge on any atom is -0.508 e. The van der Waals surface area contributed by atoms with Gasteiger partial charge >= 0.3 is 0 Å². The largest absolute Gasteiger partial charge is 0.508 e. The molecule has 0 heterocycles. The summed E-state index contributed by atoms with van der Waals surface area (Å²) in [6, 6.07) is 11.3. The molecular formula is C16H18N2O3. The lowest BCUT2D eigenvalue weighted by atomic mass is 10.1. The highest BCUT2D eigenvalue weighted by molar-refractivity contribution is 6.06. The first kappa shape index (κ1) is 14.9. The summed E-state index contributed by atoms with van der Waals surface area (Å²) in [5.74, 6) is -0.724. The minimum absolute atomic E-state index is 0.0300. The van der Waals surface area contributed by atoms with E-state index in [-0.39, 0.29) is 17.1 Å². The van der Waals surface area contributed by atoms with Gasteiger partial charge in [-0.25, -0.2) is 0 Å². The van der Waals surface area contributed by atoms with E-state index in [4.69, 9.17) is 5.73 Å². The van der Waals surface area contributed by atoms with Crippen molar-refractivity contribution in [3.05, 3.63) is 53.6 Å². The summed E-state index contributed by atoms with van der Waals surface area (Å²) in [7, 11) is 0. The second-order valence-corrected chi connectivity index (χ2v) is 4.75. The van der Waals surface area contributed by atoms with Gasteiger partial charge in [-0.1, -0.05) is 12.1 Å². The Balaban J connectivity index is 2.14. The van der Waals surface area contributed by atoms with E-state index < -0.39 is 5.91 Å². The van der Waals surface area contributed by atoms with Gasteiger partial charge in [0.1, 0.15) is 11.5 Å². The molecule has 0 bridgehead atoms. The number of amides is 1. The summed E-state index contributed by atoms with van der Waals surface area (Å²) in [6.45, 7) is 0.619. The number of hydrogen-bond acceptors (Lipinski definition) is 4. The van der Waals surface area contributed by atoms with E-state index in [0.29, 0.717) is 12.2 Å². The normalized spacial score (nSPS) is 10.3. The molecule has 0 saturated carbocycles. The zero-order valence-corrected chi connectivity index (χ0v) is 11.5. The number of anilines is 1. The molecule has 0 aliphatic carbocycles. The van der Waals surface area contributed by atoms with Crippen LogP contribution in [0.2, 0.25) is 0 Å². The van der Waals surface area contributed by atoms with E-state index in [2.05, 4.69) is 5.32 Å². The maximum absolute atomic E-state index is 12.1. The second-order valence-electron chi connectivity index (χ2n) is 4.75. The lowest BCUT2D eigenvalue weighted by molar-refractivity contribution is 0.102. The Morgan fingerprint density at radius 2 is 1.95 bits per heavy atom. The van der Waals surface area contributed by atoms with Crippen LogP contribution >= 0.6 is 0 Å². The maximum atomic E-state index is 12.1. The molecule has 21 heavy (non-hydrogen) atoms. The van der Waals surface area contributed by atoms with E-state index in [1.165, 1.54) is 18.2 Å². The van der Waals surface area contributed by atoms with Crippen LogP contribution in [0, 0.1) is 0 Å². The number of carbonyl (C=O) groups excluding carboxylic acids is 1. The molecule has 2 aromatic rings. The predicted molar refractivity (Wildman–Crippen MR) is 81.5 cm³/mol. The minimum atomic E-state index is -0.473. The van der Waals surface area contributed by atoms with Crippen LogP contribution in [0.25, 0.3) is 0 Å². The summed E-state index contributed by atoms with van der Waals surface area (Å²) in [5, 5.41) is 21.8. The van der Waals surface area contributed by atoms with Gasteiger partial charge < -0.3 is 21.3 Å². The number of hydrogen-bond donors (Lipinski definition) is 4. The van der Waals surface area contributed by atoms with Crippen molar-refractivity contribution in [3.8, 4) is 11.5 Å². The van der Waals surface area contributed by atoms with Crippen molar-refractivity contribution in [1.82, 2.24) is 0 Å². The van der Waals surface area contributed by atoms with Crippen LogP contribution in [0.4, 0.5) is 5.69 Å². The van der Waals surface area contributed by atoms with Gasteiger partial charge in [0.05, 0.1) is 5.56 Å². The predicted octanol–water partition coefficient (Wildman–Crippen LogP) is 2.24.